The van der Waals surface area contributed by atoms with Crippen LogP contribution in [-0.4, -0.2) is 9.78 Å². The van der Waals surface area contributed by atoms with E-state index in [4.69, 9.17) is 5.73 Å². The molecule has 0 fully saturated rings. The van der Waals surface area contributed by atoms with Crippen LogP contribution in [0.15, 0.2) is 23.0 Å². The van der Waals surface area contributed by atoms with Gasteiger partial charge in [-0.2, -0.15) is 16.4 Å². The van der Waals surface area contributed by atoms with Crippen molar-refractivity contribution in [2.24, 2.45) is 5.73 Å². The van der Waals surface area contributed by atoms with Gasteiger partial charge < -0.3 is 5.73 Å². The molecule has 0 bridgehead atoms. The highest BCUT2D eigenvalue weighted by atomic mass is 32.1. The van der Waals surface area contributed by atoms with Crippen LogP contribution in [0, 0.1) is 6.92 Å². The first kappa shape index (κ1) is 9.43. The van der Waals surface area contributed by atoms with Gasteiger partial charge in [-0.3, -0.25) is 4.68 Å². The lowest BCUT2D eigenvalue weighted by Crippen LogP contribution is -2.02. The van der Waals surface area contributed by atoms with Crippen LogP contribution in [0.3, 0.4) is 0 Å². The third-order valence-electron chi connectivity index (χ3n) is 2.17. The lowest BCUT2D eigenvalue weighted by molar-refractivity contribution is 0.673. The summed E-state index contributed by atoms with van der Waals surface area (Å²) in [5.74, 6) is 0. The summed E-state index contributed by atoms with van der Waals surface area (Å²) in [6.07, 6.45) is 2.04. The Morgan fingerprint density at radius 3 is 3.00 bits per heavy atom. The van der Waals surface area contributed by atoms with Gasteiger partial charge in [0.25, 0.3) is 0 Å². The predicted octanol–water partition coefficient (Wildman–Crippen LogP) is 1.76. The molecule has 4 heteroatoms. The van der Waals surface area contributed by atoms with Crippen LogP contribution in [0.2, 0.25) is 0 Å². The van der Waals surface area contributed by atoms with Crippen molar-refractivity contribution in [2.75, 3.05) is 0 Å². The lowest BCUT2D eigenvalue weighted by Gasteiger charge is -1.97. The van der Waals surface area contributed by atoms with E-state index in [9.17, 15) is 0 Å². The molecule has 2 aromatic rings. The smallest absolute Gasteiger partial charge is 0.0789 e. The Morgan fingerprint density at radius 1 is 1.57 bits per heavy atom. The molecule has 0 radical (unpaired) electrons. The largest absolute Gasteiger partial charge is 0.325 e. The second-order valence-electron chi connectivity index (χ2n) is 3.29. The second-order valence-corrected chi connectivity index (χ2v) is 4.07. The van der Waals surface area contributed by atoms with E-state index in [1.165, 1.54) is 11.1 Å². The third kappa shape index (κ3) is 1.86. The summed E-state index contributed by atoms with van der Waals surface area (Å²) in [5.41, 5.74) is 9.01. The van der Waals surface area contributed by atoms with Gasteiger partial charge in [-0.25, -0.2) is 0 Å². The predicted molar refractivity (Wildman–Crippen MR) is 58.3 cm³/mol. The van der Waals surface area contributed by atoms with Crippen molar-refractivity contribution in [3.05, 3.63) is 39.8 Å². The minimum atomic E-state index is 0.516. The van der Waals surface area contributed by atoms with Crippen molar-refractivity contribution in [1.29, 1.82) is 0 Å². The quantitative estimate of drug-likeness (QED) is 0.833. The number of nitrogens with two attached hydrogens (primary N) is 1. The van der Waals surface area contributed by atoms with Gasteiger partial charge >= 0.3 is 0 Å². The topological polar surface area (TPSA) is 43.8 Å². The Kier molecular flexibility index (Phi) is 2.65. The normalized spacial score (nSPS) is 10.7. The molecule has 2 aromatic heterocycles. The van der Waals surface area contributed by atoms with Gasteiger partial charge in [-0.05, 0) is 34.9 Å². The Hall–Kier alpha value is -1.13. The zero-order valence-corrected chi connectivity index (χ0v) is 8.92. The number of nitrogens with zero attached hydrogens (tertiary/aromatic N) is 2. The number of hydrogen-bond donors (Lipinski definition) is 1. The molecule has 74 valence electrons. The first-order valence-corrected chi connectivity index (χ1v) is 5.48. The van der Waals surface area contributed by atoms with Crippen LogP contribution in [0.5, 0.6) is 0 Å². The van der Waals surface area contributed by atoms with E-state index in [1.807, 2.05) is 17.8 Å². The van der Waals surface area contributed by atoms with Gasteiger partial charge in [0.05, 0.1) is 12.2 Å². The monoisotopic (exact) mass is 207 g/mol. The van der Waals surface area contributed by atoms with Gasteiger partial charge in [0.1, 0.15) is 0 Å². The number of aromatic nitrogens is 2. The first-order valence-electron chi connectivity index (χ1n) is 4.53. The number of thiophene rings is 1. The fourth-order valence-electron chi connectivity index (χ4n) is 1.41. The molecule has 0 saturated heterocycles. The Morgan fingerprint density at radius 2 is 2.43 bits per heavy atom. The number of rotatable bonds is 3. The van der Waals surface area contributed by atoms with Crippen molar-refractivity contribution < 1.29 is 0 Å². The molecule has 0 unspecified atom stereocenters. The summed E-state index contributed by atoms with van der Waals surface area (Å²) < 4.78 is 1.94. The van der Waals surface area contributed by atoms with E-state index in [0.717, 1.165) is 12.2 Å². The summed E-state index contributed by atoms with van der Waals surface area (Å²) in [5, 5.41) is 8.62. The van der Waals surface area contributed by atoms with Crippen LogP contribution >= 0.6 is 11.3 Å². The second kappa shape index (κ2) is 3.94. The molecule has 0 atom stereocenters. The van der Waals surface area contributed by atoms with Gasteiger partial charge in [0.15, 0.2) is 0 Å². The highest BCUT2D eigenvalue weighted by Gasteiger charge is 2.03. The number of aryl methyl sites for hydroxylation is 1. The van der Waals surface area contributed by atoms with Crippen LogP contribution in [0.1, 0.15) is 16.8 Å². The van der Waals surface area contributed by atoms with Crippen molar-refractivity contribution in [3.8, 4) is 0 Å². The van der Waals surface area contributed by atoms with Crippen molar-refractivity contribution >= 4 is 11.3 Å². The van der Waals surface area contributed by atoms with Crippen LogP contribution in [0.4, 0.5) is 0 Å². The van der Waals surface area contributed by atoms with Crippen molar-refractivity contribution in [2.45, 2.75) is 20.0 Å². The van der Waals surface area contributed by atoms with Crippen molar-refractivity contribution in [1.82, 2.24) is 9.78 Å². The zero-order valence-electron chi connectivity index (χ0n) is 8.10. The summed E-state index contributed by atoms with van der Waals surface area (Å²) >= 11 is 1.71. The summed E-state index contributed by atoms with van der Waals surface area (Å²) in [6, 6.07) is 2.11. The molecule has 2 rings (SSSR count). The molecule has 0 aliphatic carbocycles. The molecule has 0 saturated carbocycles. The number of hydrogen-bond acceptors (Lipinski definition) is 3. The van der Waals surface area contributed by atoms with Gasteiger partial charge in [0, 0.05) is 12.7 Å². The van der Waals surface area contributed by atoms with E-state index in [-0.39, 0.29) is 0 Å². The summed E-state index contributed by atoms with van der Waals surface area (Å²) in [6.45, 7) is 3.39. The Bertz CT molecular complexity index is 403. The van der Waals surface area contributed by atoms with Crippen molar-refractivity contribution in [3.63, 3.8) is 0 Å². The molecule has 0 aromatic carbocycles. The molecule has 0 spiro atoms. The van der Waals surface area contributed by atoms with Gasteiger partial charge in [0.2, 0.25) is 0 Å². The maximum Gasteiger partial charge on any atom is 0.0789 e. The van der Waals surface area contributed by atoms with Crippen LogP contribution < -0.4 is 5.73 Å². The SMILES string of the molecule is Cc1cn(Cc2ccsc2)nc1CN. The molecule has 2 N–H and O–H groups in total. The molecule has 0 aliphatic rings. The summed E-state index contributed by atoms with van der Waals surface area (Å²) in [4.78, 5) is 0. The molecule has 3 nitrogen and oxygen atoms in total. The first-order chi connectivity index (χ1) is 6.79. The average molecular weight is 207 g/mol. The maximum absolute atomic E-state index is 5.56. The minimum Gasteiger partial charge on any atom is -0.325 e. The van der Waals surface area contributed by atoms with E-state index in [0.29, 0.717) is 6.54 Å². The Balaban J connectivity index is 2.17. The van der Waals surface area contributed by atoms with E-state index < -0.39 is 0 Å². The van der Waals surface area contributed by atoms with E-state index in [1.54, 1.807) is 11.3 Å². The molecular weight excluding hydrogens is 194 g/mol. The highest BCUT2D eigenvalue weighted by molar-refractivity contribution is 7.07. The van der Waals surface area contributed by atoms with Crippen LogP contribution in [0.25, 0.3) is 0 Å². The molecular formula is C10H13N3S. The Labute approximate surface area is 87.2 Å². The zero-order chi connectivity index (χ0) is 9.97. The molecule has 0 amide bonds. The maximum atomic E-state index is 5.56. The summed E-state index contributed by atoms with van der Waals surface area (Å²) in [7, 11) is 0. The fourth-order valence-corrected chi connectivity index (χ4v) is 2.07. The fraction of sp³-hybridized carbons (Fsp3) is 0.300. The molecule has 2 heterocycles. The van der Waals surface area contributed by atoms with Gasteiger partial charge in [-0.1, -0.05) is 0 Å². The third-order valence-corrected chi connectivity index (χ3v) is 2.90. The molecule has 14 heavy (non-hydrogen) atoms. The standard InChI is InChI=1S/C10H13N3S/c1-8-5-13(12-10(8)4-11)6-9-2-3-14-7-9/h2-3,5,7H,4,6,11H2,1H3. The lowest BCUT2D eigenvalue weighted by atomic mass is 10.3. The minimum absolute atomic E-state index is 0.516. The van der Waals surface area contributed by atoms with Gasteiger partial charge in [-0.15, -0.1) is 0 Å². The van der Waals surface area contributed by atoms with Crippen LogP contribution in [-0.2, 0) is 13.1 Å². The van der Waals surface area contributed by atoms with E-state index >= 15 is 0 Å². The van der Waals surface area contributed by atoms with E-state index in [2.05, 4.69) is 21.9 Å². The molecule has 0 aliphatic heterocycles. The average Bonchev–Trinajstić information content (AvgIpc) is 2.76. The highest BCUT2D eigenvalue weighted by Crippen LogP contribution is 2.10.